The van der Waals surface area contributed by atoms with Gasteiger partial charge in [0.25, 0.3) is 0 Å². The fraction of sp³-hybridized carbons (Fsp3) is 0.714. The Morgan fingerprint density at radius 1 is 1.26 bits per heavy atom. The van der Waals surface area contributed by atoms with Crippen molar-refractivity contribution in [1.82, 2.24) is 14.9 Å². The molecule has 106 valence electrons. The number of aliphatic hydroxyl groups excluding tert-OH is 1. The maximum Gasteiger partial charge on any atom is 0.222 e. The number of β-amino-alcohol motifs (C(OH)–C–C–N with tert-alkyl or cyclic N) is 1. The number of aliphatic hydroxyl groups is 1. The summed E-state index contributed by atoms with van der Waals surface area (Å²) in [7, 11) is 2.11. The molecule has 1 fully saturated rings. The van der Waals surface area contributed by atoms with Crippen molar-refractivity contribution in [3.63, 3.8) is 0 Å². The first-order valence-electron chi connectivity index (χ1n) is 7.10. The van der Waals surface area contributed by atoms with E-state index >= 15 is 0 Å². The number of hydrogen-bond acceptors (Lipinski definition) is 5. The van der Waals surface area contributed by atoms with E-state index in [0.29, 0.717) is 5.95 Å². The summed E-state index contributed by atoms with van der Waals surface area (Å²) in [5.41, 5.74) is 0.125. The monoisotopic (exact) mass is 264 g/mol. The third kappa shape index (κ3) is 3.64. The fourth-order valence-electron chi connectivity index (χ4n) is 2.92. The maximum absolute atomic E-state index is 9.18. The van der Waals surface area contributed by atoms with Crippen LogP contribution < -0.4 is 5.32 Å². The summed E-state index contributed by atoms with van der Waals surface area (Å²) < 4.78 is 0. The standard InChI is InChI=1S/C14H24N4O/c1-18(10-11-19)14(6-3-2-4-7-14)12-17-13-15-8-5-9-16-13/h5,8-9,19H,2-4,6-7,10-12H2,1H3,(H,15,16,17). The average Bonchev–Trinajstić information content (AvgIpc) is 2.47. The molecule has 5 nitrogen and oxygen atoms in total. The van der Waals surface area contributed by atoms with E-state index in [4.69, 9.17) is 0 Å². The van der Waals surface area contributed by atoms with Crippen LogP contribution in [0.5, 0.6) is 0 Å². The van der Waals surface area contributed by atoms with Crippen molar-refractivity contribution in [2.45, 2.75) is 37.6 Å². The summed E-state index contributed by atoms with van der Waals surface area (Å²) in [6, 6.07) is 1.82. The Balaban J connectivity index is 2.01. The second-order valence-electron chi connectivity index (χ2n) is 5.36. The van der Waals surface area contributed by atoms with Gasteiger partial charge in [-0.15, -0.1) is 0 Å². The molecule has 19 heavy (non-hydrogen) atoms. The van der Waals surface area contributed by atoms with Crippen molar-refractivity contribution >= 4 is 5.95 Å². The van der Waals surface area contributed by atoms with Crippen LogP contribution in [0, 0.1) is 0 Å². The average molecular weight is 264 g/mol. The van der Waals surface area contributed by atoms with Gasteiger partial charge in [0, 0.05) is 31.0 Å². The first-order chi connectivity index (χ1) is 9.27. The van der Waals surface area contributed by atoms with Crippen molar-refractivity contribution in [3.05, 3.63) is 18.5 Å². The Morgan fingerprint density at radius 3 is 2.58 bits per heavy atom. The van der Waals surface area contributed by atoms with Gasteiger partial charge >= 0.3 is 0 Å². The summed E-state index contributed by atoms with van der Waals surface area (Å²) >= 11 is 0. The van der Waals surface area contributed by atoms with Gasteiger partial charge in [-0.05, 0) is 26.0 Å². The van der Waals surface area contributed by atoms with Crippen molar-refractivity contribution in [2.75, 3.05) is 32.1 Å². The van der Waals surface area contributed by atoms with Crippen LogP contribution in [0.1, 0.15) is 32.1 Å². The van der Waals surface area contributed by atoms with Gasteiger partial charge < -0.3 is 10.4 Å². The lowest BCUT2D eigenvalue weighted by atomic mass is 9.80. The normalized spacial score (nSPS) is 18.5. The maximum atomic E-state index is 9.18. The van der Waals surface area contributed by atoms with Crippen LogP contribution in [-0.4, -0.2) is 52.3 Å². The van der Waals surface area contributed by atoms with Crippen LogP contribution in [0.15, 0.2) is 18.5 Å². The smallest absolute Gasteiger partial charge is 0.222 e. The molecule has 0 saturated heterocycles. The second kappa shape index (κ2) is 6.82. The van der Waals surface area contributed by atoms with E-state index in [0.717, 1.165) is 13.1 Å². The molecule has 2 rings (SSSR count). The molecular formula is C14H24N4O. The van der Waals surface area contributed by atoms with E-state index in [1.54, 1.807) is 12.4 Å². The Morgan fingerprint density at radius 2 is 1.95 bits per heavy atom. The van der Waals surface area contributed by atoms with Crippen molar-refractivity contribution in [2.24, 2.45) is 0 Å². The number of anilines is 1. The third-order valence-corrected chi connectivity index (χ3v) is 4.17. The number of aromatic nitrogens is 2. The van der Waals surface area contributed by atoms with E-state index in [-0.39, 0.29) is 12.1 Å². The van der Waals surface area contributed by atoms with E-state index in [1.165, 1.54) is 32.1 Å². The third-order valence-electron chi connectivity index (χ3n) is 4.17. The molecule has 0 aromatic carbocycles. The van der Waals surface area contributed by atoms with Crippen molar-refractivity contribution in [1.29, 1.82) is 0 Å². The predicted molar refractivity (Wildman–Crippen MR) is 76.1 cm³/mol. The van der Waals surface area contributed by atoms with Gasteiger partial charge in [0.2, 0.25) is 5.95 Å². The molecule has 0 unspecified atom stereocenters. The second-order valence-corrected chi connectivity index (χ2v) is 5.36. The Hall–Kier alpha value is -1.20. The van der Waals surface area contributed by atoms with Gasteiger partial charge in [-0.3, -0.25) is 4.90 Å². The first kappa shape index (κ1) is 14.2. The number of likely N-dealkylation sites (N-methyl/N-ethyl adjacent to an activating group) is 1. The van der Waals surface area contributed by atoms with Crippen molar-refractivity contribution in [3.8, 4) is 0 Å². The number of nitrogens with zero attached hydrogens (tertiary/aromatic N) is 3. The quantitative estimate of drug-likeness (QED) is 0.815. The van der Waals surface area contributed by atoms with Gasteiger partial charge in [-0.2, -0.15) is 0 Å². The predicted octanol–water partition coefficient (Wildman–Crippen LogP) is 1.52. The zero-order valence-electron chi connectivity index (χ0n) is 11.7. The van der Waals surface area contributed by atoms with Crippen LogP contribution in [0.3, 0.4) is 0 Å². The van der Waals surface area contributed by atoms with Crippen LogP contribution in [0.25, 0.3) is 0 Å². The van der Waals surface area contributed by atoms with Crippen LogP contribution in [0.2, 0.25) is 0 Å². The molecule has 1 aliphatic carbocycles. The summed E-state index contributed by atoms with van der Waals surface area (Å²) in [4.78, 5) is 10.7. The molecule has 2 N–H and O–H groups in total. The highest BCUT2D eigenvalue weighted by Gasteiger charge is 2.35. The lowest BCUT2D eigenvalue weighted by molar-refractivity contribution is 0.0689. The molecule has 1 aromatic heterocycles. The molecule has 0 atom stereocenters. The minimum Gasteiger partial charge on any atom is -0.395 e. The van der Waals surface area contributed by atoms with E-state index in [2.05, 4.69) is 27.2 Å². The molecule has 1 aromatic rings. The Bertz CT molecular complexity index is 365. The lowest BCUT2D eigenvalue weighted by Gasteiger charge is -2.44. The lowest BCUT2D eigenvalue weighted by Crippen LogP contribution is -2.53. The fourth-order valence-corrected chi connectivity index (χ4v) is 2.92. The van der Waals surface area contributed by atoms with Gasteiger partial charge in [0.1, 0.15) is 0 Å². The highest BCUT2D eigenvalue weighted by Crippen LogP contribution is 2.32. The molecule has 0 radical (unpaired) electrons. The van der Waals surface area contributed by atoms with Crippen LogP contribution in [-0.2, 0) is 0 Å². The number of rotatable bonds is 6. The minimum absolute atomic E-state index is 0.125. The first-order valence-corrected chi connectivity index (χ1v) is 7.10. The van der Waals surface area contributed by atoms with E-state index < -0.39 is 0 Å². The molecule has 0 bridgehead atoms. The molecule has 1 aliphatic rings. The SMILES string of the molecule is CN(CCO)C1(CNc2ncccn2)CCCCC1. The zero-order valence-corrected chi connectivity index (χ0v) is 11.7. The van der Waals surface area contributed by atoms with E-state index in [9.17, 15) is 5.11 Å². The van der Waals surface area contributed by atoms with Crippen molar-refractivity contribution < 1.29 is 5.11 Å². The molecule has 0 aliphatic heterocycles. The molecular weight excluding hydrogens is 240 g/mol. The Kier molecular flexibility index (Phi) is 5.10. The topological polar surface area (TPSA) is 61.3 Å². The molecule has 0 spiro atoms. The van der Waals surface area contributed by atoms with E-state index in [1.807, 2.05) is 6.07 Å². The summed E-state index contributed by atoms with van der Waals surface area (Å²) in [6.45, 7) is 1.77. The molecule has 1 heterocycles. The highest BCUT2D eigenvalue weighted by molar-refractivity contribution is 5.23. The number of nitrogens with one attached hydrogen (secondary N) is 1. The van der Waals surface area contributed by atoms with Gasteiger partial charge in [0.05, 0.1) is 6.61 Å². The number of hydrogen-bond donors (Lipinski definition) is 2. The molecule has 5 heteroatoms. The van der Waals surface area contributed by atoms with Gasteiger partial charge in [-0.1, -0.05) is 19.3 Å². The largest absolute Gasteiger partial charge is 0.395 e. The molecule has 0 amide bonds. The van der Waals surface area contributed by atoms with Crippen LogP contribution >= 0.6 is 0 Å². The summed E-state index contributed by atoms with van der Waals surface area (Å²) in [5, 5.41) is 12.5. The minimum atomic E-state index is 0.125. The van der Waals surface area contributed by atoms with Gasteiger partial charge in [-0.25, -0.2) is 9.97 Å². The molecule has 1 saturated carbocycles. The highest BCUT2D eigenvalue weighted by atomic mass is 16.3. The Labute approximate surface area is 115 Å². The zero-order chi connectivity index (χ0) is 13.6. The summed E-state index contributed by atoms with van der Waals surface area (Å²) in [5.74, 6) is 0.685. The summed E-state index contributed by atoms with van der Waals surface area (Å²) in [6.07, 6.45) is 9.67. The van der Waals surface area contributed by atoms with Gasteiger partial charge in [0.15, 0.2) is 0 Å². The van der Waals surface area contributed by atoms with Crippen LogP contribution in [0.4, 0.5) is 5.95 Å².